The lowest BCUT2D eigenvalue weighted by Crippen LogP contribution is -2.30. The molecule has 0 aliphatic rings. The monoisotopic (exact) mass is 1090 g/mol. The van der Waals surface area contributed by atoms with Gasteiger partial charge in [0, 0.05) is 19.3 Å². The van der Waals surface area contributed by atoms with Crippen LogP contribution in [0, 0.1) is 0 Å². The van der Waals surface area contributed by atoms with Crippen LogP contribution in [0.3, 0.4) is 0 Å². The average molecular weight is 1090 g/mol. The van der Waals surface area contributed by atoms with Gasteiger partial charge in [0.2, 0.25) is 0 Å². The fraction of sp³-hybridized carbons (Fsp3) is 0.792. The molecule has 0 aromatic carbocycles. The lowest BCUT2D eigenvalue weighted by molar-refractivity contribution is -0.167. The number of ether oxygens (including phenoxy) is 3. The van der Waals surface area contributed by atoms with Crippen molar-refractivity contribution in [1.29, 1.82) is 0 Å². The third-order valence-electron chi connectivity index (χ3n) is 14.9. The minimum absolute atomic E-state index is 0.0905. The summed E-state index contributed by atoms with van der Waals surface area (Å²) >= 11 is 0. The Morgan fingerprint density at radius 2 is 0.513 bits per heavy atom. The molecule has 0 saturated carbocycles. The van der Waals surface area contributed by atoms with Gasteiger partial charge in [-0.05, 0) is 83.5 Å². The first-order valence-corrected chi connectivity index (χ1v) is 33.9. The molecule has 1 unspecified atom stereocenters. The smallest absolute Gasteiger partial charge is 0.306 e. The highest BCUT2D eigenvalue weighted by atomic mass is 16.6. The largest absolute Gasteiger partial charge is 0.462 e. The highest BCUT2D eigenvalue weighted by Crippen LogP contribution is 2.18. The van der Waals surface area contributed by atoms with Gasteiger partial charge in [-0.2, -0.15) is 0 Å². The van der Waals surface area contributed by atoms with Crippen molar-refractivity contribution >= 4 is 17.9 Å². The van der Waals surface area contributed by atoms with Crippen LogP contribution in [-0.4, -0.2) is 37.2 Å². The van der Waals surface area contributed by atoms with E-state index in [-0.39, 0.29) is 37.5 Å². The van der Waals surface area contributed by atoms with Gasteiger partial charge in [-0.3, -0.25) is 14.4 Å². The Hall–Kier alpha value is -3.15. The van der Waals surface area contributed by atoms with Gasteiger partial charge in [-0.15, -0.1) is 0 Å². The summed E-state index contributed by atoms with van der Waals surface area (Å²) < 4.78 is 16.9. The van der Waals surface area contributed by atoms with Crippen LogP contribution < -0.4 is 0 Å². The molecule has 0 fully saturated rings. The number of carbonyl (C=O) groups is 3. The summed E-state index contributed by atoms with van der Waals surface area (Å²) in [5.74, 6) is -0.934. The molecule has 6 nitrogen and oxygen atoms in total. The maximum absolute atomic E-state index is 12.9. The maximum atomic E-state index is 12.9. The SMILES string of the molecule is CC/C=C\C/C=C\C/C=C\C/C=C\C/C=C\CCCC(=O)OCC(COC(=O)CCCCCCCCCCCCCCCCCCCCCCCCCC)OC(=O)CCCCCCCCCCC/C=C\CCCCCCCC. The van der Waals surface area contributed by atoms with Gasteiger partial charge in [0.05, 0.1) is 0 Å². The number of hydrogen-bond acceptors (Lipinski definition) is 6. The molecule has 0 heterocycles. The van der Waals surface area contributed by atoms with E-state index in [9.17, 15) is 14.4 Å². The average Bonchev–Trinajstić information content (AvgIpc) is 3.44. The Morgan fingerprint density at radius 1 is 0.269 bits per heavy atom. The van der Waals surface area contributed by atoms with E-state index >= 15 is 0 Å². The fourth-order valence-corrected chi connectivity index (χ4v) is 9.89. The van der Waals surface area contributed by atoms with Crippen LogP contribution in [0.1, 0.15) is 348 Å². The van der Waals surface area contributed by atoms with E-state index in [4.69, 9.17) is 14.2 Å². The summed E-state index contributed by atoms with van der Waals surface area (Å²) in [4.78, 5) is 38.4. The molecule has 0 aromatic rings. The molecule has 0 amide bonds. The molecule has 0 spiro atoms. The van der Waals surface area contributed by atoms with Gasteiger partial charge < -0.3 is 14.2 Å². The molecule has 0 bridgehead atoms. The number of esters is 3. The first kappa shape index (κ1) is 74.8. The van der Waals surface area contributed by atoms with Crippen LogP contribution in [0.15, 0.2) is 72.9 Å². The fourth-order valence-electron chi connectivity index (χ4n) is 9.89. The lowest BCUT2D eigenvalue weighted by Gasteiger charge is -2.18. The van der Waals surface area contributed by atoms with Crippen LogP contribution >= 0.6 is 0 Å². The van der Waals surface area contributed by atoms with Crippen molar-refractivity contribution in [3.05, 3.63) is 72.9 Å². The van der Waals surface area contributed by atoms with E-state index in [0.29, 0.717) is 19.3 Å². The highest BCUT2D eigenvalue weighted by molar-refractivity contribution is 5.71. The summed E-state index contributed by atoms with van der Waals surface area (Å²) in [7, 11) is 0. The van der Waals surface area contributed by atoms with Gasteiger partial charge in [0.25, 0.3) is 0 Å². The second-order valence-electron chi connectivity index (χ2n) is 22.7. The molecule has 452 valence electrons. The van der Waals surface area contributed by atoms with Crippen molar-refractivity contribution in [3.8, 4) is 0 Å². The summed E-state index contributed by atoms with van der Waals surface area (Å²) in [6.45, 7) is 6.53. The van der Waals surface area contributed by atoms with Crippen molar-refractivity contribution in [1.82, 2.24) is 0 Å². The molecule has 6 heteroatoms. The van der Waals surface area contributed by atoms with Gasteiger partial charge in [-0.25, -0.2) is 0 Å². The molecule has 0 rings (SSSR count). The normalized spacial score (nSPS) is 12.5. The molecule has 0 radical (unpaired) electrons. The quantitative estimate of drug-likeness (QED) is 0.0261. The Balaban J connectivity index is 4.36. The van der Waals surface area contributed by atoms with Crippen LogP contribution in [0.5, 0.6) is 0 Å². The first-order valence-electron chi connectivity index (χ1n) is 33.9. The van der Waals surface area contributed by atoms with E-state index in [1.54, 1.807) is 0 Å². The second kappa shape index (κ2) is 66.4. The Morgan fingerprint density at radius 3 is 0.846 bits per heavy atom. The minimum Gasteiger partial charge on any atom is -0.462 e. The van der Waals surface area contributed by atoms with Crippen molar-refractivity contribution in [2.75, 3.05) is 13.2 Å². The molecule has 0 aromatic heterocycles. The number of hydrogen-bond donors (Lipinski definition) is 0. The molecule has 0 N–H and O–H groups in total. The van der Waals surface area contributed by atoms with Gasteiger partial charge in [-0.1, -0.05) is 318 Å². The molecule has 0 aliphatic carbocycles. The minimum atomic E-state index is -0.800. The molecule has 0 aliphatic heterocycles. The van der Waals surface area contributed by atoms with Gasteiger partial charge in [0.15, 0.2) is 6.10 Å². The molecule has 0 saturated heterocycles. The van der Waals surface area contributed by atoms with E-state index in [1.165, 1.54) is 225 Å². The molecule has 1 atom stereocenters. The number of unbranched alkanes of at least 4 members (excludes halogenated alkanes) is 39. The third-order valence-corrected chi connectivity index (χ3v) is 14.9. The Kier molecular flexibility index (Phi) is 63.7. The van der Waals surface area contributed by atoms with E-state index in [1.807, 2.05) is 0 Å². The Labute approximate surface area is 484 Å². The van der Waals surface area contributed by atoms with Gasteiger partial charge in [0.1, 0.15) is 13.2 Å². The topological polar surface area (TPSA) is 78.9 Å². The lowest BCUT2D eigenvalue weighted by atomic mass is 10.0. The van der Waals surface area contributed by atoms with E-state index < -0.39 is 6.10 Å². The maximum Gasteiger partial charge on any atom is 0.306 e. The zero-order valence-electron chi connectivity index (χ0n) is 51.9. The van der Waals surface area contributed by atoms with Crippen molar-refractivity contribution in [3.63, 3.8) is 0 Å². The van der Waals surface area contributed by atoms with Crippen molar-refractivity contribution in [2.45, 2.75) is 354 Å². The van der Waals surface area contributed by atoms with Crippen molar-refractivity contribution < 1.29 is 28.6 Å². The van der Waals surface area contributed by atoms with Crippen LogP contribution in [0.25, 0.3) is 0 Å². The summed E-state index contributed by atoms with van der Waals surface area (Å²) in [5.41, 5.74) is 0. The standard InChI is InChI=1S/C72H128O6/c1-4-7-10-13-16-19-22-25-28-31-33-34-35-36-37-39-41-44-47-50-53-56-59-62-65-71(74)77-68-69(67-76-70(73)64-61-58-55-52-49-46-43-40-30-27-24-21-18-15-12-9-6-3)78-72(75)66-63-60-57-54-51-48-45-42-38-32-29-26-23-20-17-14-11-8-5-2/h9,12,18,21,26-27,29-30,43,46,52,55,69H,4-8,10-11,13-17,19-20,22-25,28,31-42,44-45,47-51,53-54,56-68H2,1-3H3/b12-9-,21-18-,29-26-,30-27-,46-43-,55-52-. The third kappa shape index (κ3) is 63.7. The zero-order chi connectivity index (χ0) is 56.4. The predicted octanol–water partition coefficient (Wildman–Crippen LogP) is 23.3. The summed E-state index contributed by atoms with van der Waals surface area (Å²) in [5, 5.41) is 0. The summed E-state index contributed by atoms with van der Waals surface area (Å²) in [6, 6.07) is 0. The number of allylic oxidation sites excluding steroid dienone is 12. The second-order valence-corrected chi connectivity index (χ2v) is 22.7. The highest BCUT2D eigenvalue weighted by Gasteiger charge is 2.19. The summed E-state index contributed by atoms with van der Waals surface area (Å²) in [6.07, 6.45) is 86.4. The van der Waals surface area contributed by atoms with E-state index in [0.717, 1.165) is 77.0 Å². The van der Waals surface area contributed by atoms with Crippen LogP contribution in [-0.2, 0) is 28.6 Å². The molecular weight excluding hydrogens is 961 g/mol. The van der Waals surface area contributed by atoms with E-state index in [2.05, 4.69) is 93.7 Å². The predicted molar refractivity (Wildman–Crippen MR) is 339 cm³/mol. The molecule has 78 heavy (non-hydrogen) atoms. The number of carbonyl (C=O) groups excluding carboxylic acids is 3. The zero-order valence-corrected chi connectivity index (χ0v) is 51.9. The van der Waals surface area contributed by atoms with Crippen LogP contribution in [0.2, 0.25) is 0 Å². The van der Waals surface area contributed by atoms with Gasteiger partial charge >= 0.3 is 17.9 Å². The van der Waals surface area contributed by atoms with Crippen LogP contribution in [0.4, 0.5) is 0 Å². The number of rotatable bonds is 62. The van der Waals surface area contributed by atoms with Crippen molar-refractivity contribution in [2.24, 2.45) is 0 Å². The Bertz CT molecular complexity index is 1440. The first-order chi connectivity index (χ1) is 38.5. The molecular formula is C72H128O6.